The molecule has 1 heterocycles. The van der Waals surface area contributed by atoms with Crippen LogP contribution < -0.4 is 10.9 Å². The summed E-state index contributed by atoms with van der Waals surface area (Å²) in [6, 6.07) is 1.78. The lowest BCUT2D eigenvalue weighted by Gasteiger charge is -2.30. The van der Waals surface area contributed by atoms with Crippen molar-refractivity contribution in [1.82, 2.24) is 10.3 Å². The molecule has 0 aliphatic heterocycles. The third-order valence-corrected chi connectivity index (χ3v) is 5.20. The van der Waals surface area contributed by atoms with Crippen LogP contribution in [0.5, 0.6) is 0 Å². The molecular weight excluding hydrogens is 328 g/mol. The number of rotatable bonds is 3. The quantitative estimate of drug-likeness (QED) is 0.885. The molecule has 0 spiro atoms. The summed E-state index contributed by atoms with van der Waals surface area (Å²) in [5.41, 5.74) is 0.258. The number of carbonyl (C=O) groups is 1. The fraction of sp³-hybridized carbons (Fsp3) is 0.538. The Labute approximate surface area is 124 Å². The number of pyridine rings is 1. The number of halogens is 1. The Bertz CT molecular complexity index is 518. The first-order chi connectivity index (χ1) is 9.11. The van der Waals surface area contributed by atoms with E-state index >= 15 is 0 Å². The minimum Gasteiger partial charge on any atom is -0.348 e. The standard InChI is InChI=1S/C13H17BrN2O2S/c1-19-11-5-3-2-4-10(11)16-12(17)8-6-9(14)13(18)15-7-8/h6-7,10-11H,2-5H2,1H3,(H,15,18)(H,16,17)/t10-,11+/m0/s1. The summed E-state index contributed by atoms with van der Waals surface area (Å²) in [6.45, 7) is 0. The van der Waals surface area contributed by atoms with Crippen molar-refractivity contribution < 1.29 is 4.79 Å². The zero-order valence-corrected chi connectivity index (χ0v) is 13.1. The zero-order valence-electron chi connectivity index (χ0n) is 10.7. The highest BCUT2D eigenvalue weighted by Gasteiger charge is 2.26. The van der Waals surface area contributed by atoms with E-state index in [1.165, 1.54) is 12.6 Å². The predicted octanol–water partition coefficient (Wildman–Crippen LogP) is 2.54. The third kappa shape index (κ3) is 3.63. The van der Waals surface area contributed by atoms with Gasteiger partial charge in [0.1, 0.15) is 0 Å². The topological polar surface area (TPSA) is 62.0 Å². The monoisotopic (exact) mass is 344 g/mol. The average molecular weight is 345 g/mol. The summed E-state index contributed by atoms with van der Waals surface area (Å²) in [5.74, 6) is -0.122. The second-order valence-corrected chi connectivity index (χ2v) is 6.64. The number of amides is 1. The molecule has 0 saturated heterocycles. The van der Waals surface area contributed by atoms with E-state index in [9.17, 15) is 9.59 Å². The number of nitrogens with one attached hydrogen (secondary N) is 2. The Morgan fingerprint density at radius 2 is 2.21 bits per heavy atom. The molecule has 1 aromatic heterocycles. The average Bonchev–Trinajstić information content (AvgIpc) is 2.42. The van der Waals surface area contributed by atoms with Crippen LogP contribution in [-0.4, -0.2) is 28.4 Å². The van der Waals surface area contributed by atoms with Gasteiger partial charge in [-0.3, -0.25) is 9.59 Å². The van der Waals surface area contributed by atoms with E-state index in [4.69, 9.17) is 0 Å². The molecule has 2 atom stereocenters. The first-order valence-corrected chi connectivity index (χ1v) is 8.42. The number of carbonyl (C=O) groups excluding carboxylic acids is 1. The van der Waals surface area contributed by atoms with Crippen LogP contribution in [-0.2, 0) is 0 Å². The Balaban J connectivity index is 2.07. The molecular formula is C13H17BrN2O2S. The molecule has 4 nitrogen and oxygen atoms in total. The maximum absolute atomic E-state index is 12.2. The first-order valence-electron chi connectivity index (χ1n) is 6.33. The molecule has 0 aromatic carbocycles. The van der Waals surface area contributed by atoms with Gasteiger partial charge >= 0.3 is 0 Å². The maximum atomic E-state index is 12.2. The maximum Gasteiger partial charge on any atom is 0.262 e. The van der Waals surface area contributed by atoms with E-state index in [2.05, 4.69) is 32.5 Å². The van der Waals surface area contributed by atoms with Gasteiger partial charge in [-0.1, -0.05) is 12.8 Å². The van der Waals surface area contributed by atoms with Gasteiger partial charge in [-0.2, -0.15) is 11.8 Å². The summed E-state index contributed by atoms with van der Waals surface area (Å²) in [4.78, 5) is 26.0. The summed E-state index contributed by atoms with van der Waals surface area (Å²) in [6.07, 6.45) is 8.13. The molecule has 1 aliphatic rings. The van der Waals surface area contributed by atoms with Crippen molar-refractivity contribution in [2.45, 2.75) is 37.0 Å². The Morgan fingerprint density at radius 1 is 1.47 bits per heavy atom. The lowest BCUT2D eigenvalue weighted by Crippen LogP contribution is -2.43. The van der Waals surface area contributed by atoms with Crippen molar-refractivity contribution in [3.8, 4) is 0 Å². The number of H-pyrrole nitrogens is 1. The molecule has 0 unspecified atom stereocenters. The molecule has 2 N–H and O–H groups in total. The van der Waals surface area contributed by atoms with E-state index in [-0.39, 0.29) is 17.5 Å². The third-order valence-electron chi connectivity index (χ3n) is 3.44. The largest absolute Gasteiger partial charge is 0.348 e. The van der Waals surface area contributed by atoms with Crippen LogP contribution in [0, 0.1) is 0 Å². The van der Waals surface area contributed by atoms with Gasteiger partial charge < -0.3 is 10.3 Å². The van der Waals surface area contributed by atoms with Gasteiger partial charge in [0.15, 0.2) is 0 Å². The fourth-order valence-electron chi connectivity index (χ4n) is 2.38. The predicted molar refractivity (Wildman–Crippen MR) is 81.8 cm³/mol. The smallest absolute Gasteiger partial charge is 0.262 e. The van der Waals surface area contributed by atoms with Gasteiger partial charge in [0.2, 0.25) is 0 Å². The number of thioether (sulfide) groups is 1. The van der Waals surface area contributed by atoms with Crippen LogP contribution in [0.1, 0.15) is 36.0 Å². The number of hydrogen-bond acceptors (Lipinski definition) is 3. The van der Waals surface area contributed by atoms with Crippen molar-refractivity contribution in [2.24, 2.45) is 0 Å². The van der Waals surface area contributed by atoms with Gasteiger partial charge in [0.05, 0.1) is 10.0 Å². The molecule has 1 fully saturated rings. The molecule has 1 amide bonds. The molecule has 0 bridgehead atoms. The molecule has 19 heavy (non-hydrogen) atoms. The molecule has 2 rings (SSSR count). The number of aromatic nitrogens is 1. The van der Waals surface area contributed by atoms with Gasteiger partial charge in [0, 0.05) is 17.5 Å². The summed E-state index contributed by atoms with van der Waals surface area (Å²) in [5, 5.41) is 3.57. The molecule has 104 valence electrons. The van der Waals surface area contributed by atoms with Crippen LogP contribution in [0.3, 0.4) is 0 Å². The number of aromatic amines is 1. The van der Waals surface area contributed by atoms with Crippen molar-refractivity contribution in [2.75, 3.05) is 6.26 Å². The Kier molecular flexibility index (Phi) is 5.10. The highest BCUT2D eigenvalue weighted by atomic mass is 79.9. The lowest BCUT2D eigenvalue weighted by molar-refractivity contribution is 0.0929. The van der Waals surface area contributed by atoms with Crippen LogP contribution >= 0.6 is 27.7 Å². The van der Waals surface area contributed by atoms with Crippen molar-refractivity contribution in [1.29, 1.82) is 0 Å². The summed E-state index contributed by atoms with van der Waals surface area (Å²) in [7, 11) is 0. The summed E-state index contributed by atoms with van der Waals surface area (Å²) < 4.78 is 0.380. The van der Waals surface area contributed by atoms with Crippen molar-refractivity contribution >= 4 is 33.6 Å². The normalized spacial score (nSPS) is 23.1. The molecule has 1 saturated carbocycles. The van der Waals surface area contributed by atoms with E-state index in [0.29, 0.717) is 15.3 Å². The van der Waals surface area contributed by atoms with Crippen LogP contribution in [0.25, 0.3) is 0 Å². The second-order valence-electron chi connectivity index (χ2n) is 4.70. The van der Waals surface area contributed by atoms with Gasteiger partial charge in [-0.25, -0.2) is 0 Å². The highest BCUT2D eigenvalue weighted by Crippen LogP contribution is 2.27. The van der Waals surface area contributed by atoms with E-state index in [1.807, 2.05) is 11.8 Å². The highest BCUT2D eigenvalue weighted by molar-refractivity contribution is 9.10. The molecule has 1 aliphatic carbocycles. The zero-order chi connectivity index (χ0) is 13.8. The van der Waals surface area contributed by atoms with Gasteiger partial charge in [-0.05, 0) is 41.1 Å². The Morgan fingerprint density at radius 3 is 2.89 bits per heavy atom. The van der Waals surface area contributed by atoms with Gasteiger partial charge in [-0.15, -0.1) is 0 Å². The van der Waals surface area contributed by atoms with Crippen molar-refractivity contribution in [3.05, 3.63) is 32.7 Å². The first kappa shape index (κ1) is 14.7. The molecule has 0 radical (unpaired) electrons. The molecule has 1 aromatic rings. The molecule has 6 heteroatoms. The summed E-state index contributed by atoms with van der Waals surface area (Å²) >= 11 is 4.95. The Hall–Kier alpha value is -0.750. The SMILES string of the molecule is CS[C@@H]1CCCC[C@@H]1NC(=O)c1c[nH]c(=O)c(Br)c1. The van der Waals surface area contributed by atoms with Crippen LogP contribution in [0.15, 0.2) is 21.5 Å². The van der Waals surface area contributed by atoms with E-state index in [1.54, 1.807) is 6.07 Å². The van der Waals surface area contributed by atoms with E-state index < -0.39 is 0 Å². The van der Waals surface area contributed by atoms with Crippen molar-refractivity contribution in [3.63, 3.8) is 0 Å². The lowest BCUT2D eigenvalue weighted by atomic mass is 9.94. The van der Waals surface area contributed by atoms with Gasteiger partial charge in [0.25, 0.3) is 11.5 Å². The second kappa shape index (κ2) is 6.61. The number of hydrogen-bond donors (Lipinski definition) is 2. The van der Waals surface area contributed by atoms with Crippen LogP contribution in [0.4, 0.5) is 0 Å². The fourth-order valence-corrected chi connectivity index (χ4v) is 3.68. The minimum absolute atomic E-state index is 0.122. The minimum atomic E-state index is -0.226. The van der Waals surface area contributed by atoms with Crippen LogP contribution in [0.2, 0.25) is 0 Å². The van der Waals surface area contributed by atoms with E-state index in [0.717, 1.165) is 19.3 Å².